The van der Waals surface area contributed by atoms with Crippen molar-refractivity contribution in [2.45, 2.75) is 84.6 Å². The predicted octanol–water partition coefficient (Wildman–Crippen LogP) is 5.09. The Hall–Kier alpha value is -0.810. The summed E-state index contributed by atoms with van der Waals surface area (Å²) >= 11 is 0. The van der Waals surface area contributed by atoms with Crippen LogP contribution in [0.5, 0.6) is 0 Å². The molecule has 1 N–H and O–H groups in total. The van der Waals surface area contributed by atoms with Gasteiger partial charge in [0.2, 0.25) is 0 Å². The zero-order valence-corrected chi connectivity index (χ0v) is 15.9. The van der Waals surface area contributed by atoms with Gasteiger partial charge in [0.05, 0.1) is 6.26 Å². The standard InChI is InChI=1S/C17H31N.CH4O3S/c1-3-5-7-8-9-10-11-15-18-16-12-14-17(18)13-6-4-2;1-5(2,3)4/h12,14,16H,3-11,13,15H2,1-2H3;1H3,(H,2,3,4). The van der Waals surface area contributed by atoms with Crippen molar-refractivity contribution in [3.8, 4) is 0 Å². The van der Waals surface area contributed by atoms with Gasteiger partial charge in [0.15, 0.2) is 0 Å². The van der Waals surface area contributed by atoms with Crippen molar-refractivity contribution < 1.29 is 13.0 Å². The highest BCUT2D eigenvalue weighted by Crippen LogP contribution is 2.11. The summed E-state index contributed by atoms with van der Waals surface area (Å²) in [5, 5.41) is 0. The third-order valence-corrected chi connectivity index (χ3v) is 3.71. The summed E-state index contributed by atoms with van der Waals surface area (Å²) in [7, 11) is -3.67. The van der Waals surface area contributed by atoms with Crippen LogP contribution < -0.4 is 0 Å². The second-order valence-corrected chi connectivity index (χ2v) is 7.62. The molecule has 0 bridgehead atoms. The van der Waals surface area contributed by atoms with E-state index in [2.05, 4.69) is 36.7 Å². The lowest BCUT2D eigenvalue weighted by atomic mass is 10.1. The lowest BCUT2D eigenvalue weighted by Crippen LogP contribution is -2.02. The lowest BCUT2D eigenvalue weighted by molar-refractivity contribution is 0.490. The molecule has 1 rings (SSSR count). The van der Waals surface area contributed by atoms with Gasteiger partial charge in [-0.25, -0.2) is 0 Å². The normalized spacial score (nSPS) is 11.1. The average Bonchev–Trinajstić information content (AvgIpc) is 2.90. The molecule has 0 radical (unpaired) electrons. The number of nitrogens with zero attached hydrogens (tertiary/aromatic N) is 1. The topological polar surface area (TPSA) is 59.3 Å². The summed E-state index contributed by atoms with van der Waals surface area (Å²) in [6, 6.07) is 4.49. The molecule has 0 aliphatic carbocycles. The number of aromatic nitrogens is 1. The molecule has 5 heteroatoms. The van der Waals surface area contributed by atoms with E-state index in [1.807, 2.05) is 0 Å². The highest BCUT2D eigenvalue weighted by molar-refractivity contribution is 7.85. The van der Waals surface area contributed by atoms with E-state index in [9.17, 15) is 8.42 Å². The van der Waals surface area contributed by atoms with Crippen LogP contribution in [0.15, 0.2) is 18.3 Å². The summed E-state index contributed by atoms with van der Waals surface area (Å²) < 4.78 is 28.3. The summed E-state index contributed by atoms with van der Waals surface area (Å²) in [6.45, 7) is 5.77. The van der Waals surface area contributed by atoms with Crippen molar-refractivity contribution in [3.63, 3.8) is 0 Å². The molecule has 4 nitrogen and oxygen atoms in total. The van der Waals surface area contributed by atoms with Crippen LogP contribution in [0.25, 0.3) is 0 Å². The Balaban J connectivity index is 0.000000841. The van der Waals surface area contributed by atoms with E-state index in [1.165, 1.54) is 76.4 Å². The first kappa shape index (κ1) is 22.2. The summed E-state index contributed by atoms with van der Waals surface area (Å²) in [4.78, 5) is 0. The smallest absolute Gasteiger partial charge is 0.261 e. The van der Waals surface area contributed by atoms with Crippen molar-refractivity contribution in [2.75, 3.05) is 6.26 Å². The number of rotatable bonds is 11. The number of aryl methyl sites for hydroxylation is 2. The van der Waals surface area contributed by atoms with Crippen molar-refractivity contribution in [2.24, 2.45) is 0 Å². The summed E-state index contributed by atoms with van der Waals surface area (Å²) in [5.74, 6) is 0. The van der Waals surface area contributed by atoms with E-state index in [-0.39, 0.29) is 0 Å². The molecule has 0 aromatic carbocycles. The third-order valence-electron chi connectivity index (χ3n) is 3.71. The number of hydrogen-bond acceptors (Lipinski definition) is 2. The Bertz CT molecular complexity index is 472. The predicted molar refractivity (Wildman–Crippen MR) is 98.5 cm³/mol. The molecule has 136 valence electrons. The van der Waals surface area contributed by atoms with Gasteiger partial charge in [-0.05, 0) is 31.4 Å². The highest BCUT2D eigenvalue weighted by atomic mass is 32.2. The molecule has 0 atom stereocenters. The van der Waals surface area contributed by atoms with Crippen LogP contribution in [-0.4, -0.2) is 23.8 Å². The maximum Gasteiger partial charge on any atom is 0.261 e. The minimum atomic E-state index is -3.67. The Kier molecular flexibility index (Phi) is 13.1. The zero-order chi connectivity index (χ0) is 17.6. The monoisotopic (exact) mass is 345 g/mol. The van der Waals surface area contributed by atoms with Crippen LogP contribution in [0.3, 0.4) is 0 Å². The van der Waals surface area contributed by atoms with Crippen LogP contribution in [0.1, 0.15) is 77.3 Å². The lowest BCUT2D eigenvalue weighted by Gasteiger charge is -2.08. The number of unbranched alkanes of at least 4 members (excludes halogenated alkanes) is 7. The van der Waals surface area contributed by atoms with Gasteiger partial charge in [-0.2, -0.15) is 8.42 Å². The molecule has 0 saturated carbocycles. The van der Waals surface area contributed by atoms with Gasteiger partial charge >= 0.3 is 0 Å². The van der Waals surface area contributed by atoms with Crippen molar-refractivity contribution in [1.29, 1.82) is 0 Å². The molecule has 1 aromatic rings. The molecule has 0 unspecified atom stereocenters. The first-order chi connectivity index (χ1) is 10.9. The molecular weight excluding hydrogens is 310 g/mol. The highest BCUT2D eigenvalue weighted by Gasteiger charge is 2.00. The second kappa shape index (κ2) is 13.6. The molecule has 1 aromatic heterocycles. The van der Waals surface area contributed by atoms with Gasteiger partial charge in [0.25, 0.3) is 10.1 Å². The minimum absolute atomic E-state index is 0.715. The van der Waals surface area contributed by atoms with Gasteiger partial charge in [0.1, 0.15) is 0 Å². The van der Waals surface area contributed by atoms with Crippen LogP contribution in [0.4, 0.5) is 0 Å². The van der Waals surface area contributed by atoms with Crippen LogP contribution in [-0.2, 0) is 23.1 Å². The van der Waals surface area contributed by atoms with Gasteiger partial charge in [-0.3, -0.25) is 4.55 Å². The first-order valence-electron chi connectivity index (χ1n) is 8.95. The molecule has 23 heavy (non-hydrogen) atoms. The first-order valence-corrected chi connectivity index (χ1v) is 10.8. The Morgan fingerprint density at radius 2 is 1.48 bits per heavy atom. The fourth-order valence-electron chi connectivity index (χ4n) is 2.49. The quantitative estimate of drug-likeness (QED) is 0.449. The molecule has 0 saturated heterocycles. The van der Waals surface area contributed by atoms with Gasteiger partial charge in [-0.15, -0.1) is 0 Å². The second-order valence-electron chi connectivity index (χ2n) is 6.15. The van der Waals surface area contributed by atoms with E-state index in [1.54, 1.807) is 0 Å². The number of hydrogen-bond donors (Lipinski definition) is 1. The van der Waals surface area contributed by atoms with Crippen molar-refractivity contribution >= 4 is 10.1 Å². The molecular formula is C18H35NO3S. The molecule has 0 fully saturated rings. The largest absolute Gasteiger partial charge is 0.351 e. The van der Waals surface area contributed by atoms with Gasteiger partial charge < -0.3 is 4.57 Å². The van der Waals surface area contributed by atoms with Gasteiger partial charge in [0, 0.05) is 18.4 Å². The van der Waals surface area contributed by atoms with Crippen molar-refractivity contribution in [1.82, 2.24) is 4.57 Å². The molecule has 0 amide bonds. The summed E-state index contributed by atoms with van der Waals surface area (Å²) in [5.41, 5.74) is 1.53. The molecule has 1 heterocycles. The fraction of sp³-hybridized carbons (Fsp3) is 0.778. The van der Waals surface area contributed by atoms with E-state index >= 15 is 0 Å². The Morgan fingerprint density at radius 1 is 0.957 bits per heavy atom. The molecule has 0 aliphatic rings. The van der Waals surface area contributed by atoms with E-state index in [0.29, 0.717) is 6.26 Å². The fourth-order valence-corrected chi connectivity index (χ4v) is 2.49. The van der Waals surface area contributed by atoms with Gasteiger partial charge in [-0.1, -0.05) is 58.8 Å². The van der Waals surface area contributed by atoms with E-state index in [0.717, 1.165) is 0 Å². The molecule has 0 aliphatic heterocycles. The van der Waals surface area contributed by atoms with E-state index < -0.39 is 10.1 Å². The zero-order valence-electron chi connectivity index (χ0n) is 15.1. The SMILES string of the molecule is CCCCCCCCCn1cccc1CCCC.CS(=O)(=O)O. The van der Waals surface area contributed by atoms with Crippen molar-refractivity contribution in [3.05, 3.63) is 24.0 Å². The Labute approximate surface area is 143 Å². The van der Waals surface area contributed by atoms with Crippen LogP contribution in [0.2, 0.25) is 0 Å². The average molecular weight is 346 g/mol. The van der Waals surface area contributed by atoms with Crippen LogP contribution >= 0.6 is 0 Å². The molecule has 0 spiro atoms. The van der Waals surface area contributed by atoms with Crippen LogP contribution in [0, 0.1) is 0 Å². The maximum absolute atomic E-state index is 9.19. The summed E-state index contributed by atoms with van der Waals surface area (Å²) in [6.07, 6.45) is 16.6. The minimum Gasteiger partial charge on any atom is -0.351 e. The van der Waals surface area contributed by atoms with E-state index in [4.69, 9.17) is 4.55 Å². The maximum atomic E-state index is 9.19. The Morgan fingerprint density at radius 3 is 2.04 bits per heavy atom. The third kappa shape index (κ3) is 15.8.